The number of hydrogen-bond donors (Lipinski definition) is 2. The van der Waals surface area contributed by atoms with Crippen molar-refractivity contribution in [1.29, 1.82) is 0 Å². The van der Waals surface area contributed by atoms with Crippen LogP contribution in [0.2, 0.25) is 0 Å². The van der Waals surface area contributed by atoms with Gasteiger partial charge in [0.1, 0.15) is 5.82 Å². The number of nitrogens with two attached hydrogens (primary N) is 1. The van der Waals surface area contributed by atoms with E-state index >= 15 is 0 Å². The summed E-state index contributed by atoms with van der Waals surface area (Å²) in [5.41, 5.74) is 2.32. The van der Waals surface area contributed by atoms with Crippen LogP contribution in [0.4, 0.5) is 5.95 Å². The summed E-state index contributed by atoms with van der Waals surface area (Å²) in [6.45, 7) is 4.12. The lowest BCUT2D eigenvalue weighted by atomic mass is 10.7. The van der Waals surface area contributed by atoms with Crippen molar-refractivity contribution < 1.29 is 4.74 Å². The molecule has 0 saturated carbocycles. The number of aryl methyl sites for hydroxylation is 1. The van der Waals surface area contributed by atoms with Crippen LogP contribution in [-0.4, -0.2) is 21.6 Å². The van der Waals surface area contributed by atoms with Crippen molar-refractivity contribution in [3.8, 4) is 6.01 Å². The molecule has 0 aliphatic heterocycles. The monoisotopic (exact) mass is 169 g/mol. The van der Waals surface area contributed by atoms with E-state index < -0.39 is 0 Å². The summed E-state index contributed by atoms with van der Waals surface area (Å²) in [7, 11) is 0. The molecule has 0 unspecified atom stereocenters. The Hall–Kier alpha value is -1.43. The van der Waals surface area contributed by atoms with Crippen molar-refractivity contribution in [2.75, 3.05) is 12.0 Å². The minimum Gasteiger partial charge on any atom is -0.464 e. The van der Waals surface area contributed by atoms with Crippen molar-refractivity contribution >= 4 is 5.95 Å². The highest BCUT2D eigenvalue weighted by Gasteiger charge is 2.01. The summed E-state index contributed by atoms with van der Waals surface area (Å²) in [5, 5.41) is 0. The Morgan fingerprint density at radius 3 is 2.75 bits per heavy atom. The molecule has 0 aliphatic rings. The molecule has 0 spiro atoms. The first-order chi connectivity index (χ1) is 5.76. The van der Waals surface area contributed by atoms with Gasteiger partial charge in [-0.1, -0.05) is 0 Å². The number of hydrazine groups is 1. The van der Waals surface area contributed by atoms with Gasteiger partial charge in [-0.15, -0.1) is 0 Å². The van der Waals surface area contributed by atoms with Crippen LogP contribution >= 0.6 is 0 Å². The number of anilines is 1. The molecule has 0 atom stereocenters. The van der Waals surface area contributed by atoms with Gasteiger partial charge in [0.25, 0.3) is 0 Å². The zero-order chi connectivity index (χ0) is 8.97. The first kappa shape index (κ1) is 8.66. The molecule has 3 N–H and O–H groups in total. The summed E-state index contributed by atoms with van der Waals surface area (Å²) in [5.74, 6) is 6.01. The number of aromatic nitrogens is 3. The maximum atomic E-state index is 5.13. The van der Waals surface area contributed by atoms with E-state index in [-0.39, 0.29) is 6.01 Å². The van der Waals surface area contributed by atoms with Crippen LogP contribution in [0.15, 0.2) is 0 Å². The first-order valence-electron chi connectivity index (χ1n) is 3.58. The number of nitrogens with one attached hydrogen (secondary N) is 1. The number of rotatable bonds is 3. The summed E-state index contributed by atoms with van der Waals surface area (Å²) < 4.78 is 5.07. The SMILES string of the molecule is CCOc1nc(C)nc(NN)n1. The molecular weight excluding hydrogens is 158 g/mol. The van der Waals surface area contributed by atoms with Gasteiger partial charge in [-0.3, -0.25) is 5.43 Å². The molecule has 0 amide bonds. The Balaban J connectivity index is 2.90. The minimum atomic E-state index is 0.290. The molecule has 66 valence electrons. The van der Waals surface area contributed by atoms with E-state index in [2.05, 4.69) is 20.4 Å². The van der Waals surface area contributed by atoms with Gasteiger partial charge in [0, 0.05) is 0 Å². The van der Waals surface area contributed by atoms with Crippen LogP contribution in [-0.2, 0) is 0 Å². The molecule has 0 aliphatic carbocycles. The van der Waals surface area contributed by atoms with Gasteiger partial charge in [0.05, 0.1) is 6.61 Å². The van der Waals surface area contributed by atoms with Crippen LogP contribution in [0, 0.1) is 6.92 Å². The van der Waals surface area contributed by atoms with Crippen LogP contribution in [0.3, 0.4) is 0 Å². The maximum absolute atomic E-state index is 5.13. The van der Waals surface area contributed by atoms with Crippen molar-refractivity contribution in [3.05, 3.63) is 5.82 Å². The molecule has 1 rings (SSSR count). The van der Waals surface area contributed by atoms with Gasteiger partial charge < -0.3 is 4.74 Å². The zero-order valence-corrected chi connectivity index (χ0v) is 7.03. The molecule has 0 radical (unpaired) electrons. The highest BCUT2D eigenvalue weighted by Crippen LogP contribution is 2.05. The van der Waals surface area contributed by atoms with Crippen LogP contribution < -0.4 is 16.0 Å². The van der Waals surface area contributed by atoms with Crippen LogP contribution in [0.1, 0.15) is 12.7 Å². The molecule has 6 nitrogen and oxygen atoms in total. The third-order valence-corrected chi connectivity index (χ3v) is 1.13. The minimum absolute atomic E-state index is 0.290. The van der Waals surface area contributed by atoms with Gasteiger partial charge in [-0.05, 0) is 13.8 Å². The summed E-state index contributed by atoms with van der Waals surface area (Å²) >= 11 is 0. The van der Waals surface area contributed by atoms with Crippen molar-refractivity contribution in [2.24, 2.45) is 5.84 Å². The molecule has 12 heavy (non-hydrogen) atoms. The summed E-state index contributed by atoms with van der Waals surface area (Å²) in [4.78, 5) is 11.7. The normalized spacial score (nSPS) is 9.58. The van der Waals surface area contributed by atoms with E-state index in [0.717, 1.165) is 0 Å². The molecule has 0 aromatic carbocycles. The molecule has 6 heteroatoms. The van der Waals surface area contributed by atoms with Gasteiger partial charge in [0.2, 0.25) is 5.95 Å². The average Bonchev–Trinajstić information content (AvgIpc) is 2.04. The van der Waals surface area contributed by atoms with Gasteiger partial charge in [-0.2, -0.15) is 15.0 Å². The van der Waals surface area contributed by atoms with E-state index in [1.165, 1.54) is 0 Å². The molecule has 0 fully saturated rings. The largest absolute Gasteiger partial charge is 0.464 e. The predicted molar refractivity (Wildman–Crippen MR) is 43.5 cm³/mol. The van der Waals surface area contributed by atoms with Gasteiger partial charge >= 0.3 is 6.01 Å². The molecule has 0 bridgehead atoms. The average molecular weight is 169 g/mol. The topological polar surface area (TPSA) is 86.0 Å². The van der Waals surface area contributed by atoms with Crippen LogP contribution in [0.25, 0.3) is 0 Å². The third kappa shape index (κ3) is 2.03. The van der Waals surface area contributed by atoms with Crippen molar-refractivity contribution in [3.63, 3.8) is 0 Å². The van der Waals surface area contributed by atoms with Gasteiger partial charge in [-0.25, -0.2) is 5.84 Å². The molecule has 0 saturated heterocycles. The Labute approximate surface area is 70.2 Å². The quantitative estimate of drug-likeness (QED) is 0.484. The zero-order valence-electron chi connectivity index (χ0n) is 7.03. The molecule has 1 aromatic heterocycles. The number of nitrogens with zero attached hydrogens (tertiary/aromatic N) is 3. The highest BCUT2D eigenvalue weighted by molar-refractivity contribution is 5.23. The fourth-order valence-corrected chi connectivity index (χ4v) is 0.715. The first-order valence-corrected chi connectivity index (χ1v) is 3.58. The van der Waals surface area contributed by atoms with E-state index in [1.807, 2.05) is 6.92 Å². The van der Waals surface area contributed by atoms with E-state index in [9.17, 15) is 0 Å². The number of hydrogen-bond acceptors (Lipinski definition) is 6. The molecule has 1 heterocycles. The second kappa shape index (κ2) is 3.82. The van der Waals surface area contributed by atoms with E-state index in [4.69, 9.17) is 10.6 Å². The highest BCUT2D eigenvalue weighted by atomic mass is 16.5. The fourth-order valence-electron chi connectivity index (χ4n) is 0.715. The fraction of sp³-hybridized carbons (Fsp3) is 0.500. The third-order valence-electron chi connectivity index (χ3n) is 1.13. The smallest absolute Gasteiger partial charge is 0.321 e. The lowest BCUT2D eigenvalue weighted by Gasteiger charge is -2.03. The second-order valence-corrected chi connectivity index (χ2v) is 2.07. The van der Waals surface area contributed by atoms with Crippen LogP contribution in [0.5, 0.6) is 6.01 Å². The number of ether oxygens (including phenoxy) is 1. The Kier molecular flexibility index (Phi) is 2.76. The lowest BCUT2D eigenvalue weighted by Crippen LogP contribution is -2.12. The van der Waals surface area contributed by atoms with Gasteiger partial charge in [0.15, 0.2) is 0 Å². The summed E-state index contributed by atoms with van der Waals surface area (Å²) in [6, 6.07) is 0.290. The maximum Gasteiger partial charge on any atom is 0.321 e. The lowest BCUT2D eigenvalue weighted by molar-refractivity contribution is 0.311. The second-order valence-electron chi connectivity index (χ2n) is 2.07. The van der Waals surface area contributed by atoms with Crippen molar-refractivity contribution in [1.82, 2.24) is 15.0 Å². The number of nitrogen functional groups attached to an aromatic ring is 1. The predicted octanol–water partition coefficient (Wildman–Crippen LogP) is -0.136. The Morgan fingerprint density at radius 2 is 2.17 bits per heavy atom. The molecule has 1 aromatic rings. The Bertz CT molecular complexity index is 264. The standard InChI is InChI=1S/C6H11N5O/c1-3-12-6-9-4(2)8-5(10-6)11-7/h3,7H2,1-2H3,(H,8,9,10,11). The van der Waals surface area contributed by atoms with E-state index in [0.29, 0.717) is 18.4 Å². The van der Waals surface area contributed by atoms with Crippen molar-refractivity contribution in [2.45, 2.75) is 13.8 Å². The Morgan fingerprint density at radius 1 is 1.42 bits per heavy atom. The van der Waals surface area contributed by atoms with E-state index in [1.54, 1.807) is 6.92 Å². The molecular formula is C6H11N5O. The summed E-state index contributed by atoms with van der Waals surface area (Å²) in [6.07, 6.45) is 0.